The number of benzene rings is 1. The molecule has 0 fully saturated rings. The predicted octanol–water partition coefficient (Wildman–Crippen LogP) is 1.62. The van der Waals surface area contributed by atoms with E-state index in [0.717, 1.165) is 12.1 Å². The highest BCUT2D eigenvalue weighted by Crippen LogP contribution is 2.20. The van der Waals surface area contributed by atoms with Gasteiger partial charge in [0, 0.05) is 6.54 Å². The van der Waals surface area contributed by atoms with Gasteiger partial charge in [-0.25, -0.2) is 21.9 Å². The van der Waals surface area contributed by atoms with E-state index in [0.29, 0.717) is 18.4 Å². The van der Waals surface area contributed by atoms with Crippen molar-refractivity contribution in [3.8, 4) is 6.01 Å². The fourth-order valence-electron chi connectivity index (χ4n) is 2.07. The molecular formula is C13H16F2N4O3S. The van der Waals surface area contributed by atoms with Crippen LogP contribution in [0.1, 0.15) is 25.7 Å². The lowest BCUT2D eigenvalue weighted by atomic mass is 10.3. The zero-order valence-corrected chi connectivity index (χ0v) is 13.6. The van der Waals surface area contributed by atoms with Gasteiger partial charge in [-0.2, -0.15) is 0 Å². The second kappa shape index (κ2) is 6.59. The first-order valence-electron chi connectivity index (χ1n) is 6.74. The topological polar surface area (TPSA) is 86.1 Å². The summed E-state index contributed by atoms with van der Waals surface area (Å²) in [4.78, 5) is -0.377. The number of hydrogen-bond donors (Lipinski definition) is 1. The molecule has 10 heteroatoms. The molecule has 0 aliphatic carbocycles. The molecule has 2 aromatic rings. The van der Waals surface area contributed by atoms with E-state index in [2.05, 4.69) is 14.9 Å². The molecule has 0 saturated heterocycles. The molecule has 0 unspecified atom stereocenters. The van der Waals surface area contributed by atoms with Gasteiger partial charge in [-0.15, -0.1) is 5.10 Å². The minimum atomic E-state index is -4.05. The van der Waals surface area contributed by atoms with Crippen LogP contribution in [0.2, 0.25) is 0 Å². The number of nitrogens with zero attached hydrogens (tertiary/aromatic N) is 3. The Morgan fingerprint density at radius 1 is 1.30 bits per heavy atom. The molecule has 1 atom stereocenters. The van der Waals surface area contributed by atoms with E-state index in [4.69, 9.17) is 4.74 Å². The number of hydrogen-bond acceptors (Lipinski definition) is 5. The van der Waals surface area contributed by atoms with Crippen LogP contribution in [0.5, 0.6) is 6.01 Å². The average molecular weight is 346 g/mol. The minimum Gasteiger partial charge on any atom is -0.467 e. The molecule has 0 aliphatic rings. The van der Waals surface area contributed by atoms with E-state index in [-0.39, 0.29) is 10.9 Å². The maximum absolute atomic E-state index is 13.2. The maximum atomic E-state index is 13.2. The second-order valence-electron chi connectivity index (χ2n) is 4.71. The molecule has 1 N–H and O–H groups in total. The zero-order valence-electron chi connectivity index (χ0n) is 12.7. The predicted molar refractivity (Wildman–Crippen MR) is 77.3 cm³/mol. The highest BCUT2D eigenvalue weighted by atomic mass is 32.2. The van der Waals surface area contributed by atoms with Crippen LogP contribution in [0.3, 0.4) is 0 Å². The molecule has 0 bridgehead atoms. The van der Waals surface area contributed by atoms with Gasteiger partial charge < -0.3 is 4.74 Å². The Bertz CT molecular complexity index is 808. The monoisotopic (exact) mass is 346 g/mol. The fraction of sp³-hybridized carbons (Fsp3) is 0.385. The summed E-state index contributed by atoms with van der Waals surface area (Å²) in [5.41, 5.74) is 0. The van der Waals surface area contributed by atoms with Gasteiger partial charge >= 0.3 is 6.01 Å². The van der Waals surface area contributed by atoms with Crippen molar-refractivity contribution in [2.24, 2.45) is 0 Å². The summed E-state index contributed by atoms with van der Waals surface area (Å²) in [6.45, 7) is 3.86. The molecule has 0 saturated carbocycles. The van der Waals surface area contributed by atoms with Crippen LogP contribution in [0, 0.1) is 11.6 Å². The third kappa shape index (κ3) is 3.48. The Morgan fingerprint density at radius 3 is 2.57 bits per heavy atom. The standard InChI is InChI=1S/C13H16F2N4O3S/c1-4-19-12(16-17-13(19)22-3)8(2)18-23(20,21)9-5-6-10(14)11(15)7-9/h5-8,18H,4H2,1-3H3/t8-/m1/s1. The van der Waals surface area contributed by atoms with Crippen molar-refractivity contribution in [3.63, 3.8) is 0 Å². The van der Waals surface area contributed by atoms with Gasteiger partial charge in [0.15, 0.2) is 17.5 Å². The summed E-state index contributed by atoms with van der Waals surface area (Å²) in [5.74, 6) is -2.01. The van der Waals surface area contributed by atoms with Crippen LogP contribution in [-0.2, 0) is 16.6 Å². The third-order valence-corrected chi connectivity index (χ3v) is 4.70. The molecule has 1 heterocycles. The van der Waals surface area contributed by atoms with Crippen LogP contribution in [0.25, 0.3) is 0 Å². The molecule has 1 aromatic heterocycles. The molecule has 7 nitrogen and oxygen atoms in total. The lowest BCUT2D eigenvalue weighted by molar-refractivity contribution is 0.354. The number of rotatable bonds is 6. The largest absolute Gasteiger partial charge is 0.467 e. The van der Waals surface area contributed by atoms with Crippen molar-refractivity contribution in [2.45, 2.75) is 31.3 Å². The first-order chi connectivity index (χ1) is 10.8. The Kier molecular flexibility index (Phi) is 4.95. The van der Waals surface area contributed by atoms with Gasteiger partial charge in [-0.3, -0.25) is 4.57 Å². The van der Waals surface area contributed by atoms with Gasteiger partial charge in [0.1, 0.15) is 0 Å². The number of halogens is 2. The highest BCUT2D eigenvalue weighted by Gasteiger charge is 2.24. The van der Waals surface area contributed by atoms with E-state index in [1.807, 2.05) is 6.92 Å². The van der Waals surface area contributed by atoms with Gasteiger partial charge in [0.25, 0.3) is 0 Å². The molecule has 23 heavy (non-hydrogen) atoms. The van der Waals surface area contributed by atoms with Crippen molar-refractivity contribution in [3.05, 3.63) is 35.7 Å². The van der Waals surface area contributed by atoms with Crippen LogP contribution in [0.15, 0.2) is 23.1 Å². The van der Waals surface area contributed by atoms with Crippen molar-refractivity contribution in [1.29, 1.82) is 0 Å². The Labute approximate surface area is 132 Å². The third-order valence-electron chi connectivity index (χ3n) is 3.16. The summed E-state index contributed by atoms with van der Waals surface area (Å²) in [6.07, 6.45) is 0. The number of ether oxygens (including phenoxy) is 1. The van der Waals surface area contributed by atoms with E-state index >= 15 is 0 Å². The summed E-state index contributed by atoms with van der Waals surface area (Å²) in [6, 6.07) is 1.87. The van der Waals surface area contributed by atoms with Gasteiger partial charge in [0.05, 0.1) is 18.0 Å². The first kappa shape index (κ1) is 17.3. The number of sulfonamides is 1. The summed E-state index contributed by atoms with van der Waals surface area (Å²) < 4.78 is 59.7. The quantitative estimate of drug-likeness (QED) is 0.859. The van der Waals surface area contributed by atoms with Crippen LogP contribution in [0.4, 0.5) is 8.78 Å². The summed E-state index contributed by atoms with van der Waals surface area (Å²) in [7, 11) is -2.62. The van der Waals surface area contributed by atoms with Crippen molar-refractivity contribution >= 4 is 10.0 Å². The maximum Gasteiger partial charge on any atom is 0.316 e. The number of aromatic nitrogens is 3. The molecule has 1 aromatic carbocycles. The lowest BCUT2D eigenvalue weighted by Crippen LogP contribution is -2.29. The van der Waals surface area contributed by atoms with Crippen LogP contribution in [-0.4, -0.2) is 30.3 Å². The molecule has 126 valence electrons. The molecule has 2 rings (SSSR count). The first-order valence-corrected chi connectivity index (χ1v) is 8.23. The summed E-state index contributed by atoms with van der Waals surface area (Å²) >= 11 is 0. The van der Waals surface area contributed by atoms with Gasteiger partial charge in [-0.1, -0.05) is 5.10 Å². The normalized spacial score (nSPS) is 13.1. The van der Waals surface area contributed by atoms with Crippen molar-refractivity contribution in [1.82, 2.24) is 19.5 Å². The Balaban J connectivity index is 2.29. The highest BCUT2D eigenvalue weighted by molar-refractivity contribution is 7.89. The molecule has 0 spiro atoms. The Hall–Kier alpha value is -2.07. The molecule has 0 amide bonds. The second-order valence-corrected chi connectivity index (χ2v) is 6.42. The van der Waals surface area contributed by atoms with E-state index in [9.17, 15) is 17.2 Å². The van der Waals surface area contributed by atoms with E-state index < -0.39 is 27.7 Å². The molecular weight excluding hydrogens is 330 g/mol. The van der Waals surface area contributed by atoms with Crippen molar-refractivity contribution in [2.75, 3.05) is 7.11 Å². The van der Waals surface area contributed by atoms with E-state index in [1.54, 1.807) is 11.5 Å². The zero-order chi connectivity index (χ0) is 17.2. The fourth-order valence-corrected chi connectivity index (χ4v) is 3.28. The lowest BCUT2D eigenvalue weighted by Gasteiger charge is -2.15. The van der Waals surface area contributed by atoms with Gasteiger partial charge in [-0.05, 0) is 32.0 Å². The van der Waals surface area contributed by atoms with Gasteiger partial charge in [0.2, 0.25) is 10.0 Å². The van der Waals surface area contributed by atoms with Crippen LogP contribution >= 0.6 is 0 Å². The average Bonchev–Trinajstić information content (AvgIpc) is 2.92. The Morgan fingerprint density at radius 2 is 2.00 bits per heavy atom. The minimum absolute atomic E-state index is 0.251. The molecule has 0 aliphatic heterocycles. The van der Waals surface area contributed by atoms with Crippen LogP contribution < -0.4 is 9.46 Å². The SMILES string of the molecule is CCn1c(OC)nnc1[C@@H](C)NS(=O)(=O)c1ccc(F)c(F)c1. The van der Waals surface area contributed by atoms with Crippen molar-refractivity contribution < 1.29 is 21.9 Å². The number of nitrogens with one attached hydrogen (secondary N) is 1. The number of methoxy groups -OCH3 is 1. The molecule has 0 radical (unpaired) electrons. The summed E-state index contributed by atoms with van der Waals surface area (Å²) in [5, 5.41) is 7.70. The van der Waals surface area contributed by atoms with E-state index in [1.165, 1.54) is 7.11 Å². The smallest absolute Gasteiger partial charge is 0.316 e.